The van der Waals surface area contributed by atoms with Crippen LogP contribution in [0.2, 0.25) is 0 Å². The molecule has 0 bridgehead atoms. The second-order valence-corrected chi connectivity index (χ2v) is 5.05. The molecule has 3 rings (SSSR count). The van der Waals surface area contributed by atoms with Crippen molar-refractivity contribution in [2.75, 3.05) is 0 Å². The predicted octanol–water partition coefficient (Wildman–Crippen LogP) is 3.84. The molecule has 3 heteroatoms. The molecule has 1 heterocycles. The van der Waals surface area contributed by atoms with Crippen LogP contribution in [0.25, 0.3) is 22.4 Å². The molecule has 0 fully saturated rings. The fraction of sp³-hybridized carbons (Fsp3) is 0.133. The first-order valence-electron chi connectivity index (χ1n) is 5.87. The lowest BCUT2D eigenvalue weighted by Gasteiger charge is -2.03. The molecular weight excluding hydrogens is 240 g/mol. The van der Waals surface area contributed by atoms with Crippen LogP contribution >= 0.6 is 12.6 Å². The first kappa shape index (κ1) is 11.4. The van der Waals surface area contributed by atoms with Gasteiger partial charge in [0.2, 0.25) is 0 Å². The average molecular weight is 254 g/mol. The third kappa shape index (κ3) is 1.81. The molecule has 0 radical (unpaired) electrons. The summed E-state index contributed by atoms with van der Waals surface area (Å²) in [6, 6.07) is 14.4. The first-order chi connectivity index (χ1) is 8.65. The van der Waals surface area contributed by atoms with E-state index in [1.807, 2.05) is 25.2 Å². The number of thiol groups is 1. The molecule has 1 aromatic heterocycles. The molecule has 0 aliphatic carbocycles. The van der Waals surface area contributed by atoms with Crippen molar-refractivity contribution in [2.24, 2.45) is 7.05 Å². The highest BCUT2D eigenvalue weighted by Gasteiger charge is 2.09. The quantitative estimate of drug-likeness (QED) is 0.653. The van der Waals surface area contributed by atoms with Gasteiger partial charge in [0.1, 0.15) is 5.82 Å². The molecule has 0 spiro atoms. The van der Waals surface area contributed by atoms with Gasteiger partial charge in [0, 0.05) is 17.5 Å². The summed E-state index contributed by atoms with van der Waals surface area (Å²) in [6.45, 7) is 2.10. The molecule has 0 unspecified atom stereocenters. The van der Waals surface area contributed by atoms with Gasteiger partial charge < -0.3 is 4.57 Å². The fourth-order valence-corrected chi connectivity index (χ4v) is 2.42. The van der Waals surface area contributed by atoms with E-state index >= 15 is 0 Å². The minimum atomic E-state index is 0.960. The van der Waals surface area contributed by atoms with Crippen molar-refractivity contribution in [3.05, 3.63) is 48.0 Å². The Bertz CT molecular complexity index is 728. The Kier molecular flexibility index (Phi) is 2.63. The maximum Gasteiger partial charge on any atom is 0.140 e. The molecule has 0 amide bonds. The van der Waals surface area contributed by atoms with Crippen LogP contribution in [0.3, 0.4) is 0 Å². The Balaban J connectivity index is 2.27. The molecule has 0 atom stereocenters. The monoisotopic (exact) mass is 254 g/mol. The van der Waals surface area contributed by atoms with Crippen LogP contribution < -0.4 is 0 Å². The SMILES string of the molecule is Cc1cccc(-c2nc3ccc(S)cc3n2C)c1. The van der Waals surface area contributed by atoms with E-state index in [4.69, 9.17) is 4.98 Å². The number of hydrogen-bond donors (Lipinski definition) is 1. The molecule has 0 N–H and O–H groups in total. The minimum absolute atomic E-state index is 0.960. The van der Waals surface area contributed by atoms with Crippen molar-refractivity contribution in [1.29, 1.82) is 0 Å². The Hall–Kier alpha value is -1.74. The van der Waals surface area contributed by atoms with Gasteiger partial charge in [-0.2, -0.15) is 0 Å². The van der Waals surface area contributed by atoms with E-state index in [2.05, 4.69) is 48.4 Å². The maximum absolute atomic E-state index is 4.69. The standard InChI is InChI=1S/C15H14N2S/c1-10-4-3-5-11(8-10)15-16-13-7-6-12(18)9-14(13)17(15)2/h3-9,18H,1-2H3. The number of aromatic nitrogens is 2. The van der Waals surface area contributed by atoms with Crippen LogP contribution in [-0.4, -0.2) is 9.55 Å². The summed E-state index contributed by atoms with van der Waals surface area (Å²) in [5.74, 6) is 0.993. The highest BCUT2D eigenvalue weighted by molar-refractivity contribution is 7.80. The summed E-state index contributed by atoms with van der Waals surface area (Å²) in [6.07, 6.45) is 0. The van der Waals surface area contributed by atoms with E-state index in [9.17, 15) is 0 Å². The summed E-state index contributed by atoms with van der Waals surface area (Å²) >= 11 is 4.38. The summed E-state index contributed by atoms with van der Waals surface area (Å²) in [5, 5.41) is 0. The summed E-state index contributed by atoms with van der Waals surface area (Å²) in [5.41, 5.74) is 4.51. The Morgan fingerprint density at radius 1 is 1.11 bits per heavy atom. The second kappa shape index (κ2) is 4.18. The van der Waals surface area contributed by atoms with Gasteiger partial charge in [-0.15, -0.1) is 12.6 Å². The van der Waals surface area contributed by atoms with Gasteiger partial charge in [0.15, 0.2) is 0 Å². The normalized spacial score (nSPS) is 11.1. The van der Waals surface area contributed by atoms with Crippen molar-refractivity contribution in [3.63, 3.8) is 0 Å². The van der Waals surface area contributed by atoms with Crippen LogP contribution in [0.1, 0.15) is 5.56 Å². The summed E-state index contributed by atoms with van der Waals surface area (Å²) < 4.78 is 2.11. The zero-order valence-corrected chi connectivity index (χ0v) is 11.3. The number of imidazole rings is 1. The van der Waals surface area contributed by atoms with E-state index in [-0.39, 0.29) is 0 Å². The van der Waals surface area contributed by atoms with E-state index in [0.717, 1.165) is 27.3 Å². The van der Waals surface area contributed by atoms with Crippen LogP contribution in [0.5, 0.6) is 0 Å². The van der Waals surface area contributed by atoms with E-state index in [1.165, 1.54) is 5.56 Å². The molecule has 0 aliphatic heterocycles. The molecule has 18 heavy (non-hydrogen) atoms. The van der Waals surface area contributed by atoms with Crippen molar-refractivity contribution < 1.29 is 0 Å². The van der Waals surface area contributed by atoms with Crippen LogP contribution in [0.15, 0.2) is 47.4 Å². The molecule has 2 aromatic carbocycles. The van der Waals surface area contributed by atoms with Gasteiger partial charge in [-0.05, 0) is 31.2 Å². The van der Waals surface area contributed by atoms with Crippen molar-refractivity contribution in [2.45, 2.75) is 11.8 Å². The molecule has 90 valence electrons. The fourth-order valence-electron chi connectivity index (χ4n) is 2.22. The van der Waals surface area contributed by atoms with Crippen LogP contribution in [-0.2, 0) is 7.05 Å². The van der Waals surface area contributed by atoms with Gasteiger partial charge >= 0.3 is 0 Å². The van der Waals surface area contributed by atoms with E-state index < -0.39 is 0 Å². The minimum Gasteiger partial charge on any atom is -0.327 e. The number of hydrogen-bond acceptors (Lipinski definition) is 2. The number of fused-ring (bicyclic) bond motifs is 1. The molecule has 0 saturated heterocycles. The average Bonchev–Trinajstić information content (AvgIpc) is 2.67. The number of nitrogens with zero attached hydrogens (tertiary/aromatic N) is 2. The third-order valence-electron chi connectivity index (χ3n) is 3.14. The largest absolute Gasteiger partial charge is 0.327 e. The van der Waals surface area contributed by atoms with Crippen LogP contribution in [0, 0.1) is 6.92 Å². The Morgan fingerprint density at radius 2 is 1.94 bits per heavy atom. The molecule has 2 nitrogen and oxygen atoms in total. The van der Waals surface area contributed by atoms with Crippen molar-refractivity contribution in [3.8, 4) is 11.4 Å². The molecular formula is C15H14N2S. The highest BCUT2D eigenvalue weighted by Crippen LogP contribution is 2.25. The summed E-state index contributed by atoms with van der Waals surface area (Å²) in [4.78, 5) is 5.65. The third-order valence-corrected chi connectivity index (χ3v) is 3.42. The lowest BCUT2D eigenvalue weighted by Crippen LogP contribution is -1.92. The lowest BCUT2D eigenvalue weighted by atomic mass is 10.1. The zero-order chi connectivity index (χ0) is 12.7. The molecule has 0 saturated carbocycles. The smallest absolute Gasteiger partial charge is 0.140 e. The second-order valence-electron chi connectivity index (χ2n) is 4.54. The Morgan fingerprint density at radius 3 is 2.72 bits per heavy atom. The first-order valence-corrected chi connectivity index (χ1v) is 6.32. The highest BCUT2D eigenvalue weighted by atomic mass is 32.1. The van der Waals surface area contributed by atoms with Crippen molar-refractivity contribution >= 4 is 23.7 Å². The van der Waals surface area contributed by atoms with Gasteiger partial charge in [0.25, 0.3) is 0 Å². The van der Waals surface area contributed by atoms with Gasteiger partial charge in [0.05, 0.1) is 11.0 Å². The maximum atomic E-state index is 4.69. The van der Waals surface area contributed by atoms with E-state index in [1.54, 1.807) is 0 Å². The zero-order valence-electron chi connectivity index (χ0n) is 10.4. The summed E-state index contributed by atoms with van der Waals surface area (Å²) in [7, 11) is 2.04. The number of aryl methyl sites for hydroxylation is 2. The van der Waals surface area contributed by atoms with Crippen LogP contribution in [0.4, 0.5) is 0 Å². The van der Waals surface area contributed by atoms with Crippen molar-refractivity contribution in [1.82, 2.24) is 9.55 Å². The topological polar surface area (TPSA) is 17.8 Å². The molecule has 3 aromatic rings. The van der Waals surface area contributed by atoms with E-state index in [0.29, 0.717) is 0 Å². The molecule has 0 aliphatic rings. The lowest BCUT2D eigenvalue weighted by molar-refractivity contribution is 0.957. The number of benzene rings is 2. The van der Waals surface area contributed by atoms with Gasteiger partial charge in [-0.25, -0.2) is 4.98 Å². The van der Waals surface area contributed by atoms with Gasteiger partial charge in [-0.3, -0.25) is 0 Å². The Labute approximate surface area is 112 Å². The van der Waals surface area contributed by atoms with Gasteiger partial charge in [-0.1, -0.05) is 23.8 Å². The predicted molar refractivity (Wildman–Crippen MR) is 78.1 cm³/mol. The number of rotatable bonds is 1.